The Balaban J connectivity index is 0.00000392. The van der Waals surface area contributed by atoms with E-state index >= 15 is 0 Å². The van der Waals surface area contributed by atoms with Crippen molar-refractivity contribution in [3.8, 4) is 17.2 Å². The first-order valence-electron chi connectivity index (χ1n) is 8.85. The van der Waals surface area contributed by atoms with Gasteiger partial charge >= 0.3 is 0 Å². The molecule has 2 aromatic carbocycles. The van der Waals surface area contributed by atoms with Crippen LogP contribution in [0.5, 0.6) is 17.2 Å². The van der Waals surface area contributed by atoms with E-state index < -0.39 is 0 Å². The minimum atomic E-state index is -0.0129. The molecule has 0 aliphatic carbocycles. The largest absolute Gasteiger partial charge is 0.496 e. The van der Waals surface area contributed by atoms with Crippen LogP contribution in [0.15, 0.2) is 24.3 Å². The summed E-state index contributed by atoms with van der Waals surface area (Å²) in [5, 5.41) is 1.08. The summed E-state index contributed by atoms with van der Waals surface area (Å²) in [6.45, 7) is 10.7. The zero-order valence-electron chi connectivity index (χ0n) is 18.4. The van der Waals surface area contributed by atoms with Gasteiger partial charge in [-0.1, -0.05) is 32.9 Å². The van der Waals surface area contributed by atoms with Gasteiger partial charge in [-0.3, -0.25) is 4.79 Å². The van der Waals surface area contributed by atoms with E-state index in [0.717, 1.165) is 16.4 Å². The second kappa shape index (κ2) is 9.84. The van der Waals surface area contributed by atoms with E-state index in [4.69, 9.17) is 14.2 Å². The van der Waals surface area contributed by atoms with Crippen LogP contribution in [0.4, 0.5) is 0 Å². The van der Waals surface area contributed by atoms with Gasteiger partial charge in [-0.2, -0.15) is 0 Å². The van der Waals surface area contributed by atoms with Crippen molar-refractivity contribution in [2.75, 3.05) is 21.3 Å². The van der Waals surface area contributed by atoms with Crippen molar-refractivity contribution in [2.45, 2.75) is 40.0 Å². The Morgan fingerprint density at radius 1 is 0.857 bits per heavy atom. The molecular weight excluding hydrogens is 366 g/mol. The standard InChI is InChI=1S/C22H29O4P.Li/c1-13-9-15(22(3,4)5)10-14(2)20(13)27-21(23)19-17(25-7)11-16(24-6)12-18(19)26-8;/h9-12,27H,1-8H3;. The van der Waals surface area contributed by atoms with Crippen molar-refractivity contribution >= 4 is 38.3 Å². The number of methoxy groups -OCH3 is 3. The summed E-state index contributed by atoms with van der Waals surface area (Å²) >= 11 is 0. The van der Waals surface area contributed by atoms with Crippen molar-refractivity contribution in [2.24, 2.45) is 0 Å². The Bertz CT molecular complexity index is 808. The monoisotopic (exact) mass is 395 g/mol. The Morgan fingerprint density at radius 2 is 1.32 bits per heavy atom. The van der Waals surface area contributed by atoms with Crippen LogP contribution in [0.3, 0.4) is 0 Å². The molecule has 0 aromatic heterocycles. The molecule has 28 heavy (non-hydrogen) atoms. The number of ether oxygens (including phenoxy) is 3. The Kier molecular flexibility index (Phi) is 8.63. The van der Waals surface area contributed by atoms with E-state index in [1.165, 1.54) is 5.56 Å². The Hall–Kier alpha value is -1.46. The van der Waals surface area contributed by atoms with E-state index in [0.29, 0.717) is 22.8 Å². The third-order valence-electron chi connectivity index (χ3n) is 4.58. The number of hydrogen-bond acceptors (Lipinski definition) is 4. The molecule has 1 unspecified atom stereocenters. The van der Waals surface area contributed by atoms with Gasteiger partial charge in [-0.05, 0) is 49.8 Å². The van der Waals surface area contributed by atoms with Gasteiger partial charge < -0.3 is 14.2 Å². The van der Waals surface area contributed by atoms with Crippen LogP contribution >= 0.6 is 8.58 Å². The van der Waals surface area contributed by atoms with Crippen molar-refractivity contribution < 1.29 is 19.0 Å². The molecule has 0 heterocycles. The number of carbonyl (C=O) groups is 1. The number of benzene rings is 2. The molecule has 0 saturated heterocycles. The maximum atomic E-state index is 13.2. The van der Waals surface area contributed by atoms with Crippen LogP contribution in [0, 0.1) is 13.8 Å². The summed E-state index contributed by atoms with van der Waals surface area (Å²) in [6, 6.07) is 7.79. The molecule has 4 nitrogen and oxygen atoms in total. The van der Waals surface area contributed by atoms with E-state index in [9.17, 15) is 4.79 Å². The Labute approximate surface area is 182 Å². The van der Waals surface area contributed by atoms with E-state index in [1.54, 1.807) is 33.5 Å². The maximum Gasteiger partial charge on any atom is 0.193 e. The van der Waals surface area contributed by atoms with Crippen LogP contribution in [0.25, 0.3) is 0 Å². The molecule has 0 spiro atoms. The fourth-order valence-electron chi connectivity index (χ4n) is 3.00. The van der Waals surface area contributed by atoms with Gasteiger partial charge in [0.1, 0.15) is 22.8 Å². The molecule has 147 valence electrons. The topological polar surface area (TPSA) is 44.8 Å². The zero-order valence-corrected chi connectivity index (χ0v) is 19.4. The van der Waals surface area contributed by atoms with E-state index in [-0.39, 0.29) is 38.4 Å². The fraction of sp³-hybridized carbons (Fsp3) is 0.409. The second-order valence-electron chi connectivity index (χ2n) is 7.60. The van der Waals surface area contributed by atoms with Gasteiger partial charge in [-0.25, -0.2) is 0 Å². The first-order valence-corrected chi connectivity index (χ1v) is 9.85. The molecule has 0 fully saturated rings. The van der Waals surface area contributed by atoms with Crippen LogP contribution < -0.4 is 19.5 Å². The summed E-state index contributed by atoms with van der Waals surface area (Å²) in [6.07, 6.45) is 0. The minimum Gasteiger partial charge on any atom is -0.496 e. The maximum absolute atomic E-state index is 13.2. The molecule has 1 radical (unpaired) electrons. The summed E-state index contributed by atoms with van der Waals surface area (Å²) in [5.41, 5.74) is 4.07. The molecular formula is C22H29LiO4P. The summed E-state index contributed by atoms with van der Waals surface area (Å²) in [5.74, 6) is 1.51. The summed E-state index contributed by atoms with van der Waals surface area (Å²) < 4.78 is 16.1. The smallest absolute Gasteiger partial charge is 0.193 e. The molecule has 0 saturated carbocycles. The SMILES string of the molecule is COc1cc(OC)c(C(=O)Pc2c(C)cc(C(C)(C)C)cc2C)c(OC)c1.[Li]. The van der Waals surface area contributed by atoms with Crippen molar-refractivity contribution in [3.63, 3.8) is 0 Å². The van der Waals surface area contributed by atoms with Gasteiger partial charge in [0.05, 0.1) is 21.3 Å². The van der Waals surface area contributed by atoms with Gasteiger partial charge in [0.2, 0.25) is 0 Å². The van der Waals surface area contributed by atoms with Crippen molar-refractivity contribution in [1.29, 1.82) is 0 Å². The summed E-state index contributed by atoms with van der Waals surface area (Å²) in [4.78, 5) is 13.2. The van der Waals surface area contributed by atoms with E-state index in [2.05, 4.69) is 46.8 Å². The van der Waals surface area contributed by atoms with Gasteiger partial charge in [0, 0.05) is 31.0 Å². The normalized spacial score (nSPS) is 11.3. The predicted octanol–water partition coefficient (Wildman–Crippen LogP) is 4.39. The number of hydrogen-bond donors (Lipinski definition) is 0. The molecule has 0 N–H and O–H groups in total. The van der Waals surface area contributed by atoms with Crippen LogP contribution in [0.2, 0.25) is 0 Å². The third kappa shape index (κ3) is 5.32. The third-order valence-corrected chi connectivity index (χ3v) is 6.10. The van der Waals surface area contributed by atoms with Crippen molar-refractivity contribution in [3.05, 3.63) is 46.5 Å². The molecule has 0 amide bonds. The number of rotatable bonds is 6. The number of carbonyl (C=O) groups excluding carboxylic acids is 1. The minimum absolute atomic E-state index is 0. The van der Waals surface area contributed by atoms with Crippen LogP contribution in [-0.2, 0) is 5.41 Å². The predicted molar refractivity (Wildman–Crippen MR) is 119 cm³/mol. The average molecular weight is 395 g/mol. The Morgan fingerprint density at radius 3 is 1.68 bits per heavy atom. The van der Waals surface area contributed by atoms with Crippen molar-refractivity contribution in [1.82, 2.24) is 0 Å². The van der Waals surface area contributed by atoms with Gasteiger partial charge in [-0.15, -0.1) is 0 Å². The average Bonchev–Trinajstić information content (AvgIpc) is 2.62. The summed E-state index contributed by atoms with van der Waals surface area (Å²) in [7, 11) is 4.65. The van der Waals surface area contributed by atoms with Gasteiger partial charge in [0.15, 0.2) is 5.52 Å². The molecule has 0 aliphatic heterocycles. The number of aryl methyl sites for hydroxylation is 2. The first kappa shape index (κ1) is 24.6. The molecule has 2 aromatic rings. The van der Waals surface area contributed by atoms with Crippen LogP contribution in [0.1, 0.15) is 47.8 Å². The molecule has 0 bridgehead atoms. The molecule has 0 aliphatic rings. The van der Waals surface area contributed by atoms with E-state index in [1.807, 2.05) is 0 Å². The quantitative estimate of drug-likeness (QED) is 0.538. The molecule has 1 atom stereocenters. The fourth-order valence-corrected chi connectivity index (χ4v) is 4.14. The second-order valence-corrected chi connectivity index (χ2v) is 8.80. The first-order chi connectivity index (χ1) is 12.6. The molecule has 2 rings (SSSR count). The zero-order chi connectivity index (χ0) is 20.4. The van der Waals surface area contributed by atoms with Gasteiger partial charge in [0.25, 0.3) is 0 Å². The van der Waals surface area contributed by atoms with Crippen LogP contribution in [-0.4, -0.2) is 45.7 Å². The molecule has 6 heteroatoms.